The molecule has 0 bridgehead atoms. The average molecular weight is 324 g/mol. The minimum absolute atomic E-state index is 0.372. The van der Waals surface area contributed by atoms with Gasteiger partial charge in [-0.1, -0.05) is 17.7 Å². The van der Waals surface area contributed by atoms with Crippen molar-refractivity contribution in [1.82, 2.24) is 0 Å². The Bertz CT molecular complexity index is 637. The molecule has 0 atom stereocenters. The third kappa shape index (κ3) is 2.58. The number of nitrogens with zero attached hydrogens (tertiary/aromatic N) is 1. The Labute approximate surface area is 118 Å². The highest BCUT2D eigenvalue weighted by Crippen LogP contribution is 2.35. The predicted octanol–water partition coefficient (Wildman–Crippen LogP) is 4.35. The Morgan fingerprint density at radius 1 is 1.22 bits per heavy atom. The summed E-state index contributed by atoms with van der Waals surface area (Å²) in [4.78, 5) is 0. The lowest BCUT2D eigenvalue weighted by Crippen LogP contribution is -1.92. The molecule has 0 heterocycles. The van der Waals surface area contributed by atoms with Crippen molar-refractivity contribution < 1.29 is 4.74 Å². The van der Waals surface area contributed by atoms with Crippen LogP contribution in [0.25, 0.3) is 0 Å². The van der Waals surface area contributed by atoms with Crippen LogP contribution in [0.2, 0.25) is 5.02 Å². The summed E-state index contributed by atoms with van der Waals surface area (Å²) in [7, 11) is 0. The minimum atomic E-state index is 0.372. The maximum absolute atomic E-state index is 9.02. The summed E-state index contributed by atoms with van der Waals surface area (Å²) in [6.07, 6.45) is 0. The Hall–Kier alpha value is -1.70. The van der Waals surface area contributed by atoms with E-state index in [9.17, 15) is 0 Å². The lowest BCUT2D eigenvalue weighted by molar-refractivity contribution is 0.478. The number of halogens is 2. The van der Waals surface area contributed by atoms with Crippen molar-refractivity contribution in [2.45, 2.75) is 0 Å². The highest BCUT2D eigenvalue weighted by molar-refractivity contribution is 9.10. The topological polar surface area (TPSA) is 59.0 Å². The molecular formula is C13H8BrClN2O. The monoisotopic (exact) mass is 322 g/mol. The highest BCUT2D eigenvalue weighted by Gasteiger charge is 2.09. The van der Waals surface area contributed by atoms with Crippen LogP contribution >= 0.6 is 27.5 Å². The van der Waals surface area contributed by atoms with Gasteiger partial charge in [-0.3, -0.25) is 0 Å². The van der Waals surface area contributed by atoms with Crippen LogP contribution in [0.5, 0.6) is 11.5 Å². The average Bonchev–Trinajstić information content (AvgIpc) is 2.37. The molecule has 0 aliphatic heterocycles. The van der Waals surface area contributed by atoms with E-state index in [1.807, 2.05) is 6.07 Å². The standard InChI is InChI=1S/C13H8BrClN2O/c14-13-10(17)2-1-3-12(13)18-11-5-4-9(15)6-8(11)7-16/h1-6H,17H2. The van der Waals surface area contributed by atoms with Crippen molar-refractivity contribution in [3.63, 3.8) is 0 Å². The second-order valence-electron chi connectivity index (χ2n) is 3.51. The van der Waals surface area contributed by atoms with Gasteiger partial charge in [-0.25, -0.2) is 0 Å². The van der Waals surface area contributed by atoms with E-state index in [2.05, 4.69) is 15.9 Å². The third-order valence-electron chi connectivity index (χ3n) is 2.28. The van der Waals surface area contributed by atoms with Crippen molar-refractivity contribution >= 4 is 33.2 Å². The summed E-state index contributed by atoms with van der Waals surface area (Å²) in [5.41, 5.74) is 6.70. The molecule has 90 valence electrons. The smallest absolute Gasteiger partial charge is 0.145 e. The van der Waals surface area contributed by atoms with Crippen LogP contribution in [-0.2, 0) is 0 Å². The Balaban J connectivity index is 2.41. The van der Waals surface area contributed by atoms with Gasteiger partial charge in [0, 0.05) is 10.7 Å². The number of hydrogen-bond donors (Lipinski definition) is 1. The van der Waals surface area contributed by atoms with Crippen LogP contribution in [0, 0.1) is 11.3 Å². The van der Waals surface area contributed by atoms with E-state index in [4.69, 9.17) is 27.3 Å². The van der Waals surface area contributed by atoms with E-state index in [1.165, 1.54) is 0 Å². The normalized spacial score (nSPS) is 9.83. The Kier molecular flexibility index (Phi) is 3.75. The zero-order chi connectivity index (χ0) is 13.1. The van der Waals surface area contributed by atoms with Crippen LogP contribution in [0.15, 0.2) is 40.9 Å². The van der Waals surface area contributed by atoms with Crippen molar-refractivity contribution in [2.24, 2.45) is 0 Å². The molecule has 0 unspecified atom stereocenters. The van der Waals surface area contributed by atoms with Crippen LogP contribution < -0.4 is 10.5 Å². The lowest BCUT2D eigenvalue weighted by Gasteiger charge is -2.10. The van der Waals surface area contributed by atoms with Gasteiger partial charge in [0.1, 0.15) is 17.6 Å². The number of nitrogens with two attached hydrogens (primary N) is 1. The maximum Gasteiger partial charge on any atom is 0.145 e. The molecule has 5 heteroatoms. The molecule has 2 N–H and O–H groups in total. The van der Waals surface area contributed by atoms with Gasteiger partial charge >= 0.3 is 0 Å². The molecule has 3 nitrogen and oxygen atoms in total. The van der Waals surface area contributed by atoms with E-state index >= 15 is 0 Å². The van der Waals surface area contributed by atoms with Gasteiger partial charge in [0.25, 0.3) is 0 Å². The molecule has 0 saturated heterocycles. The number of hydrogen-bond acceptors (Lipinski definition) is 3. The lowest BCUT2D eigenvalue weighted by atomic mass is 10.2. The number of rotatable bonds is 2. The first-order valence-electron chi connectivity index (χ1n) is 5.03. The summed E-state index contributed by atoms with van der Waals surface area (Å²) in [5, 5.41) is 9.51. The van der Waals surface area contributed by atoms with E-state index in [0.717, 1.165) is 0 Å². The molecule has 2 aromatic carbocycles. The Morgan fingerprint density at radius 3 is 2.72 bits per heavy atom. The minimum Gasteiger partial charge on any atom is -0.455 e. The number of nitriles is 1. The molecule has 18 heavy (non-hydrogen) atoms. The second kappa shape index (κ2) is 5.30. The fraction of sp³-hybridized carbons (Fsp3) is 0. The highest BCUT2D eigenvalue weighted by atomic mass is 79.9. The van der Waals surface area contributed by atoms with Gasteiger partial charge in [-0.15, -0.1) is 0 Å². The summed E-state index contributed by atoms with van der Waals surface area (Å²) in [6.45, 7) is 0. The first-order valence-corrected chi connectivity index (χ1v) is 6.20. The van der Waals surface area contributed by atoms with Gasteiger partial charge in [0.15, 0.2) is 0 Å². The summed E-state index contributed by atoms with van der Waals surface area (Å²) in [6, 6.07) is 12.2. The van der Waals surface area contributed by atoms with Crippen LogP contribution in [-0.4, -0.2) is 0 Å². The van der Waals surface area contributed by atoms with Gasteiger partial charge in [0.2, 0.25) is 0 Å². The van der Waals surface area contributed by atoms with Gasteiger partial charge < -0.3 is 10.5 Å². The first kappa shape index (κ1) is 12.7. The van der Waals surface area contributed by atoms with Crippen LogP contribution in [0.3, 0.4) is 0 Å². The zero-order valence-electron chi connectivity index (χ0n) is 9.15. The van der Waals surface area contributed by atoms with E-state index in [0.29, 0.717) is 32.2 Å². The molecule has 0 radical (unpaired) electrons. The first-order chi connectivity index (χ1) is 8.61. The number of ether oxygens (including phenoxy) is 1. The molecule has 0 amide bonds. The van der Waals surface area contributed by atoms with Crippen molar-refractivity contribution in [1.29, 1.82) is 5.26 Å². The number of benzene rings is 2. The zero-order valence-corrected chi connectivity index (χ0v) is 11.5. The predicted molar refractivity (Wildman–Crippen MR) is 74.8 cm³/mol. The van der Waals surface area contributed by atoms with Gasteiger partial charge in [0.05, 0.1) is 10.0 Å². The fourth-order valence-corrected chi connectivity index (χ4v) is 1.92. The maximum atomic E-state index is 9.02. The van der Waals surface area contributed by atoms with Crippen molar-refractivity contribution in [2.75, 3.05) is 5.73 Å². The Morgan fingerprint density at radius 2 is 2.00 bits per heavy atom. The molecule has 0 spiro atoms. The molecule has 2 aromatic rings. The molecule has 0 aliphatic rings. The summed E-state index contributed by atoms with van der Waals surface area (Å²) in [5.74, 6) is 0.988. The molecule has 2 rings (SSSR count). The summed E-state index contributed by atoms with van der Waals surface area (Å²) >= 11 is 9.16. The van der Waals surface area contributed by atoms with E-state index < -0.39 is 0 Å². The van der Waals surface area contributed by atoms with E-state index in [1.54, 1.807) is 36.4 Å². The molecule has 0 aliphatic carbocycles. The molecular weight excluding hydrogens is 316 g/mol. The van der Waals surface area contributed by atoms with Crippen LogP contribution in [0.1, 0.15) is 5.56 Å². The molecule has 0 aromatic heterocycles. The SMILES string of the molecule is N#Cc1cc(Cl)ccc1Oc1cccc(N)c1Br. The third-order valence-corrected chi connectivity index (χ3v) is 3.36. The largest absolute Gasteiger partial charge is 0.455 e. The molecule has 0 saturated carbocycles. The quantitative estimate of drug-likeness (QED) is 0.836. The second-order valence-corrected chi connectivity index (χ2v) is 4.74. The number of nitrogen functional groups attached to an aromatic ring is 1. The van der Waals surface area contributed by atoms with Crippen LogP contribution in [0.4, 0.5) is 5.69 Å². The van der Waals surface area contributed by atoms with Gasteiger partial charge in [-0.2, -0.15) is 5.26 Å². The van der Waals surface area contributed by atoms with Crippen molar-refractivity contribution in [3.05, 3.63) is 51.5 Å². The summed E-state index contributed by atoms with van der Waals surface area (Å²) < 4.78 is 6.32. The van der Waals surface area contributed by atoms with Crippen molar-refractivity contribution in [3.8, 4) is 17.6 Å². The van der Waals surface area contributed by atoms with E-state index in [-0.39, 0.29) is 0 Å². The fourth-order valence-electron chi connectivity index (χ4n) is 1.40. The van der Waals surface area contributed by atoms with Gasteiger partial charge in [-0.05, 0) is 46.3 Å². The molecule has 0 fully saturated rings. The number of anilines is 1.